The third kappa shape index (κ3) is 11.1. The molecule has 1 saturated carbocycles. The summed E-state index contributed by atoms with van der Waals surface area (Å²) in [5, 5.41) is 0. The molecule has 1 fully saturated rings. The van der Waals surface area contributed by atoms with E-state index in [0.29, 0.717) is 23.5 Å². The number of amides is 2. The number of ether oxygens (including phenoxy) is 2. The minimum atomic E-state index is -3.55. The zero-order chi connectivity index (χ0) is 29.3. The van der Waals surface area contributed by atoms with Crippen LogP contribution in [-0.4, -0.2) is 58.5 Å². The molecule has 2 unspecified atom stereocenters. The molecule has 1 aliphatic rings. The van der Waals surface area contributed by atoms with Gasteiger partial charge in [-0.15, -0.1) is 0 Å². The number of carbonyl (C=O) groups is 2. The minimum absolute atomic E-state index is 0. The number of hydrogen-bond acceptors (Lipinski definition) is 6. The SMILES string of the molecule is COc1ccc(C([NH-])=O)cc1OC.Cc1ccc(S(=O)(=O)NC2CCCC(N(C)C(=O)c3ccccc3)C2)cc1.[Pr].[Pr]. The molecule has 3 aromatic rings. The molecule has 3 aromatic carbocycles. The summed E-state index contributed by atoms with van der Waals surface area (Å²) in [5.74, 6) is 0.247. The van der Waals surface area contributed by atoms with Gasteiger partial charge in [-0.05, 0) is 75.1 Å². The molecule has 42 heavy (non-hydrogen) atoms. The zero-order valence-electron chi connectivity index (χ0n) is 24.4. The van der Waals surface area contributed by atoms with E-state index in [1.807, 2.05) is 25.1 Å². The Morgan fingerprint density at radius 2 is 1.50 bits per heavy atom. The molecule has 12 heteroatoms. The normalized spacial score (nSPS) is 15.9. The second-order valence-electron chi connectivity index (χ2n) is 9.63. The van der Waals surface area contributed by atoms with Gasteiger partial charge in [0.1, 0.15) is 0 Å². The summed E-state index contributed by atoms with van der Waals surface area (Å²) in [6.07, 6.45) is 3.19. The van der Waals surface area contributed by atoms with Gasteiger partial charge < -0.3 is 24.9 Å². The van der Waals surface area contributed by atoms with Gasteiger partial charge in [0.25, 0.3) is 5.91 Å². The Bertz CT molecular complexity index is 1410. The molecule has 2 amide bonds. The van der Waals surface area contributed by atoms with E-state index in [-0.39, 0.29) is 111 Å². The van der Waals surface area contributed by atoms with E-state index in [0.717, 1.165) is 24.8 Å². The van der Waals surface area contributed by atoms with E-state index in [1.54, 1.807) is 54.4 Å². The Kier molecular flexibility index (Phi) is 17.2. The fraction of sp³-hybridized carbons (Fsp3) is 0.333. The van der Waals surface area contributed by atoms with Gasteiger partial charge in [-0.3, -0.25) is 4.79 Å². The molecule has 0 aliphatic heterocycles. The third-order valence-electron chi connectivity index (χ3n) is 6.83. The van der Waals surface area contributed by atoms with Crippen LogP contribution in [0.5, 0.6) is 11.5 Å². The Morgan fingerprint density at radius 3 is 2.07 bits per heavy atom. The first-order chi connectivity index (χ1) is 19.1. The van der Waals surface area contributed by atoms with Crippen LogP contribution in [0.25, 0.3) is 5.73 Å². The van der Waals surface area contributed by atoms with Gasteiger partial charge in [0.15, 0.2) is 11.5 Å². The Morgan fingerprint density at radius 1 is 0.881 bits per heavy atom. The average molecular weight is 849 g/mol. The number of aryl methyl sites for hydroxylation is 1. The largest absolute Gasteiger partial charge is 0.664 e. The standard InChI is InChI=1S/C21H26N2O3S.C9H11NO3.2Pr/c1-16-11-13-20(14-12-16)27(25,26)22-18-9-6-10-19(15-18)23(2)21(24)17-7-4-3-5-8-17;1-12-7-4-3-6(9(10)11)5-8(7)13-2;;/h3-5,7-8,11-14,18-19,22H,6,9-10,15H2,1-2H3;3-5H,1-2H3,(H2,10,11);;/p-1. The Hall–Kier alpha value is -1.16. The van der Waals surface area contributed by atoms with Crippen molar-refractivity contribution < 1.29 is 110 Å². The first-order valence-corrected chi connectivity index (χ1v) is 14.4. The second-order valence-corrected chi connectivity index (χ2v) is 11.3. The van der Waals surface area contributed by atoms with Crippen LogP contribution in [0.4, 0.5) is 0 Å². The number of carbonyl (C=O) groups excluding carboxylic acids is 2. The molecule has 9 nitrogen and oxygen atoms in total. The van der Waals surface area contributed by atoms with Crippen molar-refractivity contribution in [1.82, 2.24) is 9.62 Å². The number of rotatable bonds is 8. The maximum Gasteiger partial charge on any atom is 0.253 e. The molecule has 2 radical (unpaired) electrons. The summed E-state index contributed by atoms with van der Waals surface area (Å²) in [6, 6.07) is 20.5. The monoisotopic (exact) mass is 848 g/mol. The van der Waals surface area contributed by atoms with E-state index in [1.165, 1.54) is 26.4 Å². The van der Waals surface area contributed by atoms with Gasteiger partial charge in [-0.25, -0.2) is 13.1 Å². The van der Waals surface area contributed by atoms with Crippen molar-refractivity contribution in [2.45, 2.75) is 49.6 Å². The van der Waals surface area contributed by atoms with E-state index in [9.17, 15) is 18.0 Å². The Balaban J connectivity index is 0.000000500. The Labute approximate surface area is 315 Å². The van der Waals surface area contributed by atoms with Crippen LogP contribution >= 0.6 is 0 Å². The molecule has 0 bridgehead atoms. The van der Waals surface area contributed by atoms with Gasteiger partial charge >= 0.3 is 0 Å². The molecule has 2 N–H and O–H groups in total. The molecule has 2 atom stereocenters. The fourth-order valence-electron chi connectivity index (χ4n) is 4.56. The van der Waals surface area contributed by atoms with Crippen LogP contribution in [0.3, 0.4) is 0 Å². The van der Waals surface area contributed by atoms with Crippen molar-refractivity contribution in [3.8, 4) is 11.5 Å². The quantitative estimate of drug-likeness (QED) is 0.330. The molecular weight excluding hydrogens is 812 g/mol. The van der Waals surface area contributed by atoms with Crippen LogP contribution in [0.1, 0.15) is 52.0 Å². The van der Waals surface area contributed by atoms with Crippen LogP contribution < -0.4 is 14.2 Å². The maximum absolute atomic E-state index is 12.7. The summed E-state index contributed by atoms with van der Waals surface area (Å²) in [7, 11) is 1.25. The van der Waals surface area contributed by atoms with Crippen molar-refractivity contribution in [3.05, 3.63) is 95.2 Å². The number of hydrogen-bond donors (Lipinski definition) is 1. The van der Waals surface area contributed by atoms with Gasteiger partial charge in [-0.2, -0.15) is 0 Å². The zero-order valence-corrected chi connectivity index (χ0v) is 32.6. The molecule has 1 aliphatic carbocycles. The summed E-state index contributed by atoms with van der Waals surface area (Å²) < 4.78 is 38.1. The summed E-state index contributed by atoms with van der Waals surface area (Å²) in [4.78, 5) is 25.4. The van der Waals surface area contributed by atoms with Crippen molar-refractivity contribution in [3.63, 3.8) is 0 Å². The van der Waals surface area contributed by atoms with E-state index < -0.39 is 15.9 Å². The van der Waals surface area contributed by atoms with Crippen molar-refractivity contribution in [1.29, 1.82) is 0 Å². The van der Waals surface area contributed by atoms with Gasteiger partial charge in [0.2, 0.25) is 10.0 Å². The number of sulfonamides is 1. The summed E-state index contributed by atoms with van der Waals surface area (Å²) >= 11 is 0. The van der Waals surface area contributed by atoms with Gasteiger partial charge in [0.05, 0.1) is 25.0 Å². The van der Waals surface area contributed by atoms with Crippen molar-refractivity contribution in [2.24, 2.45) is 0 Å². The van der Waals surface area contributed by atoms with Crippen molar-refractivity contribution >= 4 is 21.8 Å². The van der Waals surface area contributed by atoms with Crippen LogP contribution in [-0.2, 0) is 10.0 Å². The first kappa shape index (κ1) is 38.9. The van der Waals surface area contributed by atoms with Gasteiger partial charge in [-0.1, -0.05) is 35.9 Å². The average Bonchev–Trinajstić information content (AvgIpc) is 2.96. The topological polar surface area (TPSA) is 126 Å². The fourth-order valence-corrected chi connectivity index (χ4v) is 5.84. The summed E-state index contributed by atoms with van der Waals surface area (Å²) in [6.45, 7) is 1.93. The molecule has 0 spiro atoms. The molecule has 220 valence electrons. The minimum Gasteiger partial charge on any atom is -0.664 e. The smallest absolute Gasteiger partial charge is 0.253 e. The number of benzene rings is 3. The van der Waals surface area contributed by atoms with Crippen molar-refractivity contribution in [2.75, 3.05) is 21.3 Å². The molecule has 4 rings (SSSR count). The molecular formula is C30H36N3O6Pr2S-. The number of nitrogens with one attached hydrogen (secondary N) is 2. The van der Waals surface area contributed by atoms with E-state index in [2.05, 4.69) is 4.72 Å². The van der Waals surface area contributed by atoms with E-state index in [4.69, 9.17) is 15.2 Å². The third-order valence-corrected chi connectivity index (χ3v) is 8.37. The molecule has 0 heterocycles. The second kappa shape index (κ2) is 18.6. The maximum atomic E-state index is 12.7. The number of methoxy groups -OCH3 is 2. The van der Waals surface area contributed by atoms with Crippen LogP contribution in [0.15, 0.2) is 77.7 Å². The van der Waals surface area contributed by atoms with Gasteiger partial charge in [0, 0.05) is 113 Å². The predicted octanol–water partition coefficient (Wildman–Crippen LogP) is 5.25. The molecule has 0 saturated heterocycles. The molecule has 0 aromatic heterocycles. The van der Waals surface area contributed by atoms with Crippen LogP contribution in [0, 0.1) is 89.5 Å². The number of nitrogens with zero attached hydrogens (tertiary/aromatic N) is 1. The first-order valence-electron chi connectivity index (χ1n) is 12.9. The predicted molar refractivity (Wildman–Crippen MR) is 154 cm³/mol. The summed E-state index contributed by atoms with van der Waals surface area (Å²) in [5.41, 5.74) is 8.85. The van der Waals surface area contributed by atoms with Crippen LogP contribution in [0.2, 0.25) is 0 Å². The van der Waals surface area contributed by atoms with E-state index >= 15 is 0 Å².